The van der Waals surface area contributed by atoms with E-state index in [0.29, 0.717) is 23.0 Å². The maximum atomic E-state index is 11.4. The van der Waals surface area contributed by atoms with Crippen molar-refractivity contribution in [2.75, 3.05) is 12.8 Å². The summed E-state index contributed by atoms with van der Waals surface area (Å²) in [5.74, 6) is 4.01. The molecule has 4 heteroatoms. The van der Waals surface area contributed by atoms with Crippen LogP contribution in [0.15, 0.2) is 85.2 Å². The third-order valence-electron chi connectivity index (χ3n) is 8.70. The molecule has 2 aliphatic rings. The van der Waals surface area contributed by atoms with Gasteiger partial charge >= 0.3 is 0 Å². The van der Waals surface area contributed by atoms with Gasteiger partial charge in [-0.3, -0.25) is 0 Å². The van der Waals surface area contributed by atoms with E-state index in [-0.39, 0.29) is 46.1 Å². The zero-order chi connectivity index (χ0) is 30.5. The predicted molar refractivity (Wildman–Crippen MR) is 191 cm³/mol. The summed E-state index contributed by atoms with van der Waals surface area (Å²) < 4.78 is 0. The molecule has 1 aromatic rings. The van der Waals surface area contributed by atoms with Crippen molar-refractivity contribution < 1.29 is 37.8 Å². The largest absolute Gasteiger partial charge is 0.517 e. The van der Waals surface area contributed by atoms with Gasteiger partial charge < -0.3 is 10.0 Å². The Morgan fingerprint density at radius 2 is 1.81 bits per heavy atom. The quantitative estimate of drug-likeness (QED) is 0.176. The number of benzene rings is 1. The Bertz CT molecular complexity index is 1110. The van der Waals surface area contributed by atoms with Crippen LogP contribution in [0.4, 0.5) is 0 Å². The van der Waals surface area contributed by atoms with E-state index in [2.05, 4.69) is 96.7 Å². The maximum absolute atomic E-state index is 11.4. The molecule has 0 fully saturated rings. The predicted octanol–water partition coefficient (Wildman–Crippen LogP) is 11.6. The molecular weight excluding hydrogens is 619 g/mol. The van der Waals surface area contributed by atoms with E-state index in [1.54, 1.807) is 6.08 Å². The third-order valence-corrected chi connectivity index (χ3v) is 10.3. The summed E-state index contributed by atoms with van der Waals surface area (Å²) in [6.07, 6.45) is 20.3. The molecular formula is C39H60NOSY-. The first-order chi connectivity index (χ1) is 19.6. The maximum Gasteiger partial charge on any atom is 0.0807 e. The Morgan fingerprint density at radius 1 is 1.16 bits per heavy atom. The molecule has 1 aliphatic carbocycles. The van der Waals surface area contributed by atoms with Crippen LogP contribution in [0.1, 0.15) is 110 Å². The monoisotopic (exact) mass is 679 g/mol. The molecule has 1 heterocycles. The van der Waals surface area contributed by atoms with E-state index >= 15 is 0 Å². The zero-order valence-corrected chi connectivity index (χ0v) is 31.2. The van der Waals surface area contributed by atoms with Crippen LogP contribution in [0.25, 0.3) is 0 Å². The van der Waals surface area contributed by atoms with Crippen LogP contribution >= 0.6 is 11.8 Å². The van der Waals surface area contributed by atoms with Crippen LogP contribution in [-0.2, 0) is 39.1 Å². The summed E-state index contributed by atoms with van der Waals surface area (Å²) >= 11 is 1.99. The van der Waals surface area contributed by atoms with Crippen molar-refractivity contribution in [1.82, 2.24) is 4.90 Å². The molecule has 3 rings (SSSR count). The SMILES string of the molecule is C.C=CC.C=C[C-](C/C=C/C1=C(C)N(C)C(C(C)C=C)SC1)c1cc(CC(CC)CC)cc(O)c1C1C=C(C)CCC1.[Y]. The molecule has 0 aromatic heterocycles. The van der Waals surface area contributed by atoms with Crippen molar-refractivity contribution in [2.45, 2.75) is 105 Å². The molecule has 1 aliphatic heterocycles. The Labute approximate surface area is 295 Å². The van der Waals surface area contributed by atoms with Crippen LogP contribution in [0.3, 0.4) is 0 Å². The molecule has 43 heavy (non-hydrogen) atoms. The molecule has 0 bridgehead atoms. The molecule has 0 saturated heterocycles. The average molecular weight is 680 g/mol. The van der Waals surface area contributed by atoms with Gasteiger partial charge in [-0.2, -0.15) is 6.58 Å². The van der Waals surface area contributed by atoms with E-state index in [1.807, 2.05) is 30.8 Å². The van der Waals surface area contributed by atoms with Crippen LogP contribution in [0.2, 0.25) is 0 Å². The summed E-state index contributed by atoms with van der Waals surface area (Å²) in [4.78, 5) is 2.40. The van der Waals surface area contributed by atoms with Crippen molar-refractivity contribution in [2.24, 2.45) is 11.8 Å². The smallest absolute Gasteiger partial charge is 0.0807 e. The number of phenolic OH excluding ortho intramolecular Hbond substituents is 1. The molecule has 3 unspecified atom stereocenters. The van der Waals surface area contributed by atoms with Crippen molar-refractivity contribution >= 4 is 11.8 Å². The van der Waals surface area contributed by atoms with Gasteiger partial charge in [0.25, 0.3) is 0 Å². The van der Waals surface area contributed by atoms with Crippen LogP contribution in [0.5, 0.6) is 5.75 Å². The van der Waals surface area contributed by atoms with Crippen LogP contribution in [0, 0.1) is 17.8 Å². The fourth-order valence-electron chi connectivity index (χ4n) is 5.95. The number of allylic oxidation sites excluding steroid dienone is 7. The van der Waals surface area contributed by atoms with Gasteiger partial charge in [-0.15, -0.1) is 48.5 Å². The summed E-state index contributed by atoms with van der Waals surface area (Å²) in [7, 11) is 2.20. The molecule has 1 radical (unpaired) electrons. The van der Waals surface area contributed by atoms with Crippen LogP contribution < -0.4 is 0 Å². The van der Waals surface area contributed by atoms with Crippen molar-refractivity contribution in [1.29, 1.82) is 0 Å². The first-order valence-corrected chi connectivity index (χ1v) is 16.6. The number of phenols is 1. The Balaban J connectivity index is 0.00000338. The molecule has 237 valence electrons. The van der Waals surface area contributed by atoms with E-state index in [1.165, 1.54) is 40.3 Å². The Kier molecular flexibility index (Phi) is 20.6. The second kappa shape index (κ2) is 21.3. The molecule has 0 spiro atoms. The topological polar surface area (TPSA) is 23.5 Å². The van der Waals surface area contributed by atoms with Gasteiger partial charge in [0.05, 0.1) is 11.1 Å². The van der Waals surface area contributed by atoms with E-state index in [0.717, 1.165) is 49.8 Å². The van der Waals surface area contributed by atoms with Crippen molar-refractivity contribution in [3.05, 3.63) is 108 Å². The van der Waals surface area contributed by atoms with Gasteiger partial charge in [-0.25, -0.2) is 0 Å². The minimum absolute atomic E-state index is 0. The molecule has 2 nitrogen and oxygen atoms in total. The number of rotatable bonds is 12. The second-order valence-corrected chi connectivity index (χ2v) is 12.8. The summed E-state index contributed by atoms with van der Waals surface area (Å²) in [6.45, 7) is 24.7. The van der Waals surface area contributed by atoms with Crippen molar-refractivity contribution in [3.8, 4) is 5.75 Å². The van der Waals surface area contributed by atoms with Crippen LogP contribution in [-0.4, -0.2) is 28.2 Å². The van der Waals surface area contributed by atoms with Gasteiger partial charge in [-0.05, 0) is 69.9 Å². The Morgan fingerprint density at radius 3 is 2.37 bits per heavy atom. The van der Waals surface area contributed by atoms with Gasteiger partial charge in [0.2, 0.25) is 0 Å². The van der Waals surface area contributed by atoms with Gasteiger partial charge in [0.1, 0.15) is 0 Å². The molecule has 3 atom stereocenters. The number of nitrogens with zero attached hydrogens (tertiary/aromatic N) is 1. The van der Waals surface area contributed by atoms with Crippen molar-refractivity contribution in [3.63, 3.8) is 0 Å². The summed E-state index contributed by atoms with van der Waals surface area (Å²) in [5.41, 5.74) is 7.66. The van der Waals surface area contributed by atoms with Gasteiger partial charge in [-0.1, -0.05) is 94.5 Å². The first-order valence-electron chi connectivity index (χ1n) is 15.6. The molecule has 1 N–H and O–H groups in total. The van der Waals surface area contributed by atoms with E-state index in [4.69, 9.17) is 0 Å². The summed E-state index contributed by atoms with van der Waals surface area (Å²) in [6, 6.07) is 4.39. The average Bonchev–Trinajstić information content (AvgIpc) is 2.96. The zero-order valence-electron chi connectivity index (χ0n) is 27.6. The number of aromatic hydroxyl groups is 1. The third kappa shape index (κ3) is 11.8. The first kappa shape index (κ1) is 41.6. The van der Waals surface area contributed by atoms with Gasteiger partial charge in [0.15, 0.2) is 0 Å². The minimum Gasteiger partial charge on any atom is -0.517 e. The normalized spacial score (nSPS) is 19.0. The fraction of sp³-hybridized carbons (Fsp3) is 0.513. The van der Waals surface area contributed by atoms with E-state index in [9.17, 15) is 5.11 Å². The second-order valence-electron chi connectivity index (χ2n) is 11.7. The number of hydrogen-bond acceptors (Lipinski definition) is 3. The summed E-state index contributed by atoms with van der Waals surface area (Å²) in [5, 5.41) is 11.8. The standard InChI is InChI=1S/C35H50NOS.C3H6.CH4.Y/c1-9-25(6)35-36(8)26(7)31(23-38-35)18-14-16-29(12-4)32-21-28(20-27(10-2)11-3)22-33(37)34(32)30-17-13-15-24(5)19-30;1-3-2;;/h9,12,14,18-19,21-22,25,27,30,35,37H,1,4,10-11,13,15-17,20,23H2,2-3,5-8H3;3H,1H2,2H3;1H4;/q-1;;;/b18-14+;;;. The number of thioether (sulfide) groups is 1. The Hall–Kier alpha value is -1.42. The molecule has 1 aromatic carbocycles. The number of hydrogen-bond donors (Lipinski definition) is 1. The fourth-order valence-corrected chi connectivity index (χ4v) is 7.40. The molecule has 0 saturated carbocycles. The minimum atomic E-state index is 0. The van der Waals surface area contributed by atoms with Gasteiger partial charge in [0, 0.05) is 57.1 Å². The van der Waals surface area contributed by atoms with E-state index < -0.39 is 0 Å². The molecule has 0 amide bonds.